The summed E-state index contributed by atoms with van der Waals surface area (Å²) in [6.07, 6.45) is 9.53. The van der Waals surface area contributed by atoms with E-state index < -0.39 is 0 Å². The number of hydrogen-bond acceptors (Lipinski definition) is 9. The number of hydrogen-bond donors (Lipinski definition) is 2. The zero-order valence-electron chi connectivity index (χ0n) is 26.3. The lowest BCUT2D eigenvalue weighted by Gasteiger charge is -2.24. The first-order chi connectivity index (χ1) is 18.4. The third-order valence-electron chi connectivity index (χ3n) is 7.14. The van der Waals surface area contributed by atoms with E-state index in [1.165, 1.54) is 64.6 Å². The lowest BCUT2D eigenvalue weighted by atomic mass is 10.1. The van der Waals surface area contributed by atoms with E-state index in [9.17, 15) is 0 Å². The first-order valence-electron chi connectivity index (χ1n) is 15.2. The molecule has 0 saturated heterocycles. The van der Waals surface area contributed by atoms with E-state index in [-0.39, 0.29) is 6.61 Å². The minimum atomic E-state index is 0.0711. The molecule has 230 valence electrons. The molecule has 0 rings (SSSR count). The van der Waals surface area contributed by atoms with E-state index in [2.05, 4.69) is 65.1 Å². The molecule has 0 unspecified atom stereocenters. The van der Waals surface area contributed by atoms with E-state index in [0.29, 0.717) is 19.8 Å². The average molecular weight is 547 g/mol. The predicted molar refractivity (Wildman–Crippen MR) is 162 cm³/mol. The molecular weight excluding hydrogens is 480 g/mol. The summed E-state index contributed by atoms with van der Waals surface area (Å²) in [6.45, 7) is 14.6. The summed E-state index contributed by atoms with van der Waals surface area (Å²) in [5.41, 5.74) is 0. The molecule has 9 nitrogen and oxygen atoms in total. The Kier molecular flexibility index (Phi) is 27.9. The average Bonchev–Trinajstić information content (AvgIpc) is 2.91. The Bertz CT molecular complexity index is 478. The maximum absolute atomic E-state index is 8.67. The number of unbranched alkanes of at least 4 members (excludes halogenated alkanes) is 6. The quantitative estimate of drug-likeness (QED) is 0.131. The van der Waals surface area contributed by atoms with Crippen LogP contribution in [0.2, 0.25) is 0 Å². The van der Waals surface area contributed by atoms with E-state index in [1.807, 2.05) is 7.05 Å². The number of aliphatic hydroxyl groups excluding tert-OH is 1. The fourth-order valence-corrected chi connectivity index (χ4v) is 4.14. The van der Waals surface area contributed by atoms with Gasteiger partial charge in [-0.05, 0) is 68.2 Å². The van der Waals surface area contributed by atoms with Crippen molar-refractivity contribution < 1.29 is 14.6 Å². The van der Waals surface area contributed by atoms with Crippen molar-refractivity contribution in [2.45, 2.75) is 44.9 Å². The normalized spacial score (nSPS) is 12.3. The largest absolute Gasteiger partial charge is 0.394 e. The van der Waals surface area contributed by atoms with Crippen LogP contribution in [0.3, 0.4) is 0 Å². The molecule has 0 aromatic rings. The molecule has 0 aromatic heterocycles. The van der Waals surface area contributed by atoms with Gasteiger partial charge in [-0.2, -0.15) is 0 Å². The molecule has 0 radical (unpaired) electrons. The van der Waals surface area contributed by atoms with Crippen molar-refractivity contribution in [3.63, 3.8) is 0 Å². The molecule has 0 fully saturated rings. The van der Waals surface area contributed by atoms with Crippen LogP contribution < -0.4 is 5.32 Å². The Hall–Kier alpha value is -0.360. The number of likely N-dealkylation sites (N-methyl/N-ethyl adjacent to an activating group) is 6. The highest BCUT2D eigenvalue weighted by atomic mass is 16.5. The molecule has 0 atom stereocenters. The fourth-order valence-electron chi connectivity index (χ4n) is 4.14. The highest BCUT2D eigenvalue weighted by Gasteiger charge is 2.05. The molecule has 38 heavy (non-hydrogen) atoms. The molecule has 0 bridgehead atoms. The van der Waals surface area contributed by atoms with Gasteiger partial charge >= 0.3 is 0 Å². The van der Waals surface area contributed by atoms with Gasteiger partial charge in [0.15, 0.2) is 0 Å². The van der Waals surface area contributed by atoms with E-state index >= 15 is 0 Å². The van der Waals surface area contributed by atoms with Crippen LogP contribution in [0.5, 0.6) is 0 Å². The summed E-state index contributed by atoms with van der Waals surface area (Å²) in [7, 11) is 13.1. The van der Waals surface area contributed by atoms with Gasteiger partial charge in [0, 0.05) is 58.9 Å². The molecule has 0 aliphatic rings. The van der Waals surface area contributed by atoms with Crippen LogP contribution in [-0.2, 0) is 9.47 Å². The van der Waals surface area contributed by atoms with Crippen LogP contribution in [0.15, 0.2) is 0 Å². The molecule has 0 aliphatic carbocycles. The Morgan fingerprint density at radius 1 is 0.447 bits per heavy atom. The lowest BCUT2D eigenvalue weighted by Crippen LogP contribution is -2.36. The minimum absolute atomic E-state index is 0.0711. The topological polar surface area (TPSA) is 66.9 Å². The van der Waals surface area contributed by atoms with Crippen molar-refractivity contribution in [2.75, 3.05) is 147 Å². The second-order valence-electron chi connectivity index (χ2n) is 11.0. The van der Waals surface area contributed by atoms with Gasteiger partial charge in [0.1, 0.15) is 0 Å². The Balaban J connectivity index is 3.49. The Morgan fingerprint density at radius 2 is 0.816 bits per heavy atom. The van der Waals surface area contributed by atoms with Gasteiger partial charge in [-0.25, -0.2) is 0 Å². The van der Waals surface area contributed by atoms with Crippen molar-refractivity contribution in [1.29, 1.82) is 0 Å². The van der Waals surface area contributed by atoms with Gasteiger partial charge in [-0.1, -0.05) is 32.1 Å². The smallest absolute Gasteiger partial charge is 0.0701 e. The minimum Gasteiger partial charge on any atom is -0.394 e. The second kappa shape index (κ2) is 28.2. The molecule has 9 heteroatoms. The lowest BCUT2D eigenvalue weighted by molar-refractivity contribution is 0.0278. The molecule has 0 aromatic carbocycles. The molecule has 0 saturated carbocycles. The van der Waals surface area contributed by atoms with Crippen molar-refractivity contribution in [3.05, 3.63) is 0 Å². The van der Waals surface area contributed by atoms with Crippen LogP contribution in [0.25, 0.3) is 0 Å². The zero-order valence-corrected chi connectivity index (χ0v) is 26.3. The van der Waals surface area contributed by atoms with Crippen LogP contribution in [0, 0.1) is 0 Å². The van der Waals surface area contributed by atoms with Gasteiger partial charge in [-0.15, -0.1) is 0 Å². The number of nitrogens with one attached hydrogen (secondary N) is 1. The van der Waals surface area contributed by atoms with Crippen molar-refractivity contribution in [1.82, 2.24) is 29.8 Å². The number of aliphatic hydroxyl groups is 1. The summed E-state index contributed by atoms with van der Waals surface area (Å²) in [4.78, 5) is 12.1. The summed E-state index contributed by atoms with van der Waals surface area (Å²) in [6, 6.07) is 0. The molecular formula is C29H66N6O3. The van der Waals surface area contributed by atoms with Gasteiger partial charge in [0.25, 0.3) is 0 Å². The summed E-state index contributed by atoms with van der Waals surface area (Å²) < 4.78 is 10.8. The molecule has 0 spiro atoms. The van der Waals surface area contributed by atoms with Crippen LogP contribution in [0.4, 0.5) is 0 Å². The standard InChI is InChI=1S/C29H66N6O3/c1-30-14-17-33(4)20-18-31(2)15-12-10-8-7-9-11-13-16-32(3)19-21-34(5)22-23-35(6)24-26-37-28-29-38-27-25-36/h30,36H,7-29H2,1-6H3. The first-order valence-corrected chi connectivity index (χ1v) is 15.2. The van der Waals surface area contributed by atoms with E-state index in [4.69, 9.17) is 14.6 Å². The van der Waals surface area contributed by atoms with Crippen molar-refractivity contribution >= 4 is 0 Å². The third-order valence-corrected chi connectivity index (χ3v) is 7.14. The number of nitrogens with zero attached hydrogens (tertiary/aromatic N) is 5. The van der Waals surface area contributed by atoms with Crippen LogP contribution in [0.1, 0.15) is 44.9 Å². The van der Waals surface area contributed by atoms with Gasteiger partial charge in [0.05, 0.1) is 33.0 Å². The highest BCUT2D eigenvalue weighted by Crippen LogP contribution is 2.08. The predicted octanol–water partition coefficient (Wildman–Crippen LogP) is 1.62. The van der Waals surface area contributed by atoms with E-state index in [0.717, 1.165) is 59.0 Å². The fraction of sp³-hybridized carbons (Fsp3) is 1.00. The van der Waals surface area contributed by atoms with Gasteiger partial charge in [-0.3, -0.25) is 0 Å². The molecule has 0 amide bonds. The van der Waals surface area contributed by atoms with Gasteiger partial charge in [0.2, 0.25) is 0 Å². The summed E-state index contributed by atoms with van der Waals surface area (Å²) in [5.74, 6) is 0. The molecule has 0 heterocycles. The Morgan fingerprint density at radius 3 is 1.26 bits per heavy atom. The number of rotatable bonds is 30. The number of ether oxygens (including phenoxy) is 2. The molecule has 0 aliphatic heterocycles. The van der Waals surface area contributed by atoms with Crippen LogP contribution in [-0.4, -0.2) is 177 Å². The van der Waals surface area contributed by atoms with Gasteiger partial charge < -0.3 is 44.4 Å². The van der Waals surface area contributed by atoms with Crippen molar-refractivity contribution in [3.8, 4) is 0 Å². The first kappa shape index (κ1) is 37.6. The summed E-state index contributed by atoms with van der Waals surface area (Å²) >= 11 is 0. The molecule has 2 N–H and O–H groups in total. The monoisotopic (exact) mass is 547 g/mol. The highest BCUT2D eigenvalue weighted by molar-refractivity contribution is 4.61. The van der Waals surface area contributed by atoms with E-state index in [1.54, 1.807) is 0 Å². The SMILES string of the molecule is CNCCN(C)CCN(C)CCCCCCCCCN(C)CCN(C)CCN(C)CCOCCOCCO. The Labute approximate surface area is 236 Å². The maximum atomic E-state index is 8.67. The second-order valence-corrected chi connectivity index (χ2v) is 11.0. The third kappa shape index (κ3) is 27.2. The van der Waals surface area contributed by atoms with Crippen molar-refractivity contribution in [2.24, 2.45) is 0 Å². The maximum Gasteiger partial charge on any atom is 0.0701 e. The van der Waals surface area contributed by atoms with Crippen LogP contribution >= 0.6 is 0 Å². The zero-order chi connectivity index (χ0) is 28.3. The summed E-state index contributed by atoms with van der Waals surface area (Å²) in [5, 5.41) is 11.9.